The molecule has 0 bridgehead atoms. The van der Waals surface area contributed by atoms with E-state index in [2.05, 4.69) is 15.4 Å². The molecule has 3 rings (SSSR count). The standard InChI is InChI=1S/C17H21N5O2S/c1-5-12-6-13-16(25-12)18-9-22(17(13)24)8-15(23)19-10(2)14-7-21(4)20-11(14)3/h6-7,9-10H,5,8H2,1-4H3,(H,19,23). The summed E-state index contributed by atoms with van der Waals surface area (Å²) in [5.41, 5.74) is 1.66. The summed E-state index contributed by atoms with van der Waals surface area (Å²) in [5.74, 6) is -0.232. The molecule has 8 heteroatoms. The van der Waals surface area contributed by atoms with E-state index >= 15 is 0 Å². The van der Waals surface area contributed by atoms with Crippen molar-refractivity contribution in [3.63, 3.8) is 0 Å². The topological polar surface area (TPSA) is 81.8 Å². The van der Waals surface area contributed by atoms with E-state index in [0.29, 0.717) is 5.39 Å². The number of hydrogen-bond acceptors (Lipinski definition) is 5. The van der Waals surface area contributed by atoms with Crippen molar-refractivity contribution in [2.45, 2.75) is 39.8 Å². The van der Waals surface area contributed by atoms with Crippen LogP contribution >= 0.6 is 11.3 Å². The normalized spacial score (nSPS) is 12.5. The molecule has 0 aromatic carbocycles. The van der Waals surface area contributed by atoms with Crippen LogP contribution in [0.2, 0.25) is 0 Å². The third-order valence-corrected chi connectivity index (χ3v) is 5.31. The van der Waals surface area contributed by atoms with Crippen molar-refractivity contribution >= 4 is 27.5 Å². The molecule has 0 spiro atoms. The summed E-state index contributed by atoms with van der Waals surface area (Å²) < 4.78 is 3.07. The zero-order valence-electron chi connectivity index (χ0n) is 14.7. The molecule has 0 radical (unpaired) electrons. The Morgan fingerprint density at radius 3 is 2.84 bits per heavy atom. The second kappa shape index (κ2) is 6.79. The summed E-state index contributed by atoms with van der Waals surface area (Å²) >= 11 is 1.52. The molecule has 0 fully saturated rings. The molecule has 0 aliphatic heterocycles. The fraction of sp³-hybridized carbons (Fsp3) is 0.412. The molecule has 0 saturated heterocycles. The minimum atomic E-state index is -0.232. The maximum atomic E-state index is 12.5. The van der Waals surface area contributed by atoms with Crippen LogP contribution in [0.25, 0.3) is 10.2 Å². The maximum absolute atomic E-state index is 12.5. The third-order valence-electron chi connectivity index (χ3n) is 4.13. The first-order valence-corrected chi connectivity index (χ1v) is 8.98. The summed E-state index contributed by atoms with van der Waals surface area (Å²) in [7, 11) is 1.84. The van der Waals surface area contributed by atoms with Crippen LogP contribution < -0.4 is 10.9 Å². The van der Waals surface area contributed by atoms with Crippen LogP contribution in [-0.2, 0) is 24.8 Å². The van der Waals surface area contributed by atoms with Crippen molar-refractivity contribution in [2.75, 3.05) is 0 Å². The zero-order chi connectivity index (χ0) is 18.1. The number of aromatic nitrogens is 4. The van der Waals surface area contributed by atoms with Crippen molar-refractivity contribution in [3.05, 3.63) is 45.1 Å². The van der Waals surface area contributed by atoms with Crippen LogP contribution in [0.3, 0.4) is 0 Å². The molecule has 25 heavy (non-hydrogen) atoms. The number of hydrogen-bond donors (Lipinski definition) is 1. The van der Waals surface area contributed by atoms with Crippen LogP contribution in [-0.4, -0.2) is 25.2 Å². The summed E-state index contributed by atoms with van der Waals surface area (Å²) in [5, 5.41) is 7.77. The maximum Gasteiger partial charge on any atom is 0.262 e. The largest absolute Gasteiger partial charge is 0.348 e. The van der Waals surface area contributed by atoms with Gasteiger partial charge >= 0.3 is 0 Å². The van der Waals surface area contributed by atoms with E-state index in [0.717, 1.165) is 27.4 Å². The molecule has 7 nitrogen and oxygen atoms in total. The van der Waals surface area contributed by atoms with Crippen molar-refractivity contribution < 1.29 is 4.79 Å². The molecule has 3 aromatic heterocycles. The van der Waals surface area contributed by atoms with E-state index in [4.69, 9.17) is 0 Å². The molecule has 0 aliphatic carbocycles. The first-order valence-electron chi connectivity index (χ1n) is 8.16. The number of carbonyl (C=O) groups excluding carboxylic acids is 1. The number of rotatable bonds is 5. The minimum Gasteiger partial charge on any atom is -0.348 e. The molecule has 1 amide bonds. The highest BCUT2D eigenvalue weighted by molar-refractivity contribution is 7.18. The third kappa shape index (κ3) is 3.48. The molecule has 0 aliphatic rings. The van der Waals surface area contributed by atoms with Crippen LogP contribution in [0.1, 0.15) is 36.0 Å². The van der Waals surface area contributed by atoms with Gasteiger partial charge in [0.2, 0.25) is 5.91 Å². The van der Waals surface area contributed by atoms with Gasteiger partial charge in [-0.3, -0.25) is 18.8 Å². The van der Waals surface area contributed by atoms with Gasteiger partial charge in [0, 0.05) is 23.7 Å². The Hall–Kier alpha value is -2.48. The van der Waals surface area contributed by atoms with Crippen molar-refractivity contribution in [2.24, 2.45) is 7.05 Å². The number of aryl methyl sites for hydroxylation is 3. The number of nitrogens with zero attached hydrogens (tertiary/aromatic N) is 4. The van der Waals surface area contributed by atoms with E-state index < -0.39 is 0 Å². The number of nitrogens with one attached hydrogen (secondary N) is 1. The molecule has 3 aromatic rings. The number of carbonyl (C=O) groups is 1. The first-order chi connectivity index (χ1) is 11.9. The van der Waals surface area contributed by atoms with Gasteiger partial charge in [0.1, 0.15) is 11.4 Å². The average molecular weight is 359 g/mol. The van der Waals surface area contributed by atoms with Gasteiger partial charge in [0.15, 0.2) is 0 Å². The van der Waals surface area contributed by atoms with E-state index in [-0.39, 0.29) is 24.1 Å². The predicted molar refractivity (Wildman–Crippen MR) is 97.8 cm³/mol. The molecular weight excluding hydrogens is 338 g/mol. The Morgan fingerprint density at radius 1 is 1.44 bits per heavy atom. The summed E-state index contributed by atoms with van der Waals surface area (Å²) in [6.45, 7) is 5.79. The Kier molecular flexibility index (Phi) is 4.71. The Morgan fingerprint density at radius 2 is 2.20 bits per heavy atom. The quantitative estimate of drug-likeness (QED) is 0.755. The highest BCUT2D eigenvalue weighted by Crippen LogP contribution is 2.21. The van der Waals surface area contributed by atoms with Gasteiger partial charge in [-0.25, -0.2) is 4.98 Å². The highest BCUT2D eigenvalue weighted by Gasteiger charge is 2.16. The van der Waals surface area contributed by atoms with Gasteiger partial charge in [0.05, 0.1) is 23.4 Å². The van der Waals surface area contributed by atoms with Crippen LogP contribution in [0, 0.1) is 6.92 Å². The zero-order valence-corrected chi connectivity index (χ0v) is 15.6. The van der Waals surface area contributed by atoms with Crippen molar-refractivity contribution in [1.82, 2.24) is 24.6 Å². The Bertz CT molecular complexity index is 985. The minimum absolute atomic E-state index is 0.0528. The van der Waals surface area contributed by atoms with Crippen LogP contribution in [0.4, 0.5) is 0 Å². The first kappa shape index (κ1) is 17.3. The van der Waals surface area contributed by atoms with Crippen LogP contribution in [0.5, 0.6) is 0 Å². The number of thiophene rings is 1. The van der Waals surface area contributed by atoms with Gasteiger partial charge in [-0.05, 0) is 26.3 Å². The monoisotopic (exact) mass is 359 g/mol. The lowest BCUT2D eigenvalue weighted by atomic mass is 10.1. The van der Waals surface area contributed by atoms with E-state index in [1.54, 1.807) is 4.68 Å². The second-order valence-corrected chi connectivity index (χ2v) is 7.21. The number of fused-ring (bicyclic) bond motifs is 1. The SMILES string of the molecule is CCc1cc2c(=O)n(CC(=O)NC(C)c3cn(C)nc3C)cnc2s1. The average Bonchev–Trinajstić information content (AvgIpc) is 3.13. The molecule has 0 saturated carbocycles. The van der Waals surface area contributed by atoms with Gasteiger partial charge in [0.25, 0.3) is 5.56 Å². The Labute approximate surface area is 149 Å². The van der Waals surface area contributed by atoms with Crippen LogP contribution in [0.15, 0.2) is 23.4 Å². The molecule has 1 N–H and O–H groups in total. The molecule has 1 atom stereocenters. The highest BCUT2D eigenvalue weighted by atomic mass is 32.1. The lowest BCUT2D eigenvalue weighted by Gasteiger charge is -2.13. The lowest BCUT2D eigenvalue weighted by molar-refractivity contribution is -0.122. The van der Waals surface area contributed by atoms with E-state index in [1.807, 2.05) is 40.1 Å². The molecular formula is C17H21N5O2S. The fourth-order valence-electron chi connectivity index (χ4n) is 2.86. The van der Waals surface area contributed by atoms with Gasteiger partial charge in [-0.1, -0.05) is 6.92 Å². The molecule has 1 unspecified atom stereocenters. The van der Waals surface area contributed by atoms with Gasteiger partial charge in [-0.2, -0.15) is 5.10 Å². The number of amides is 1. The summed E-state index contributed by atoms with van der Waals surface area (Å²) in [6.07, 6.45) is 4.20. The van der Waals surface area contributed by atoms with Crippen molar-refractivity contribution in [3.8, 4) is 0 Å². The van der Waals surface area contributed by atoms with E-state index in [1.165, 1.54) is 22.2 Å². The van der Waals surface area contributed by atoms with Crippen molar-refractivity contribution in [1.29, 1.82) is 0 Å². The predicted octanol–water partition coefficient (Wildman–Crippen LogP) is 1.94. The van der Waals surface area contributed by atoms with Gasteiger partial charge in [-0.15, -0.1) is 11.3 Å². The van der Waals surface area contributed by atoms with Gasteiger partial charge < -0.3 is 5.32 Å². The summed E-state index contributed by atoms with van der Waals surface area (Å²) in [4.78, 5) is 31.0. The smallest absolute Gasteiger partial charge is 0.262 e. The molecule has 132 valence electrons. The fourth-order valence-corrected chi connectivity index (χ4v) is 3.78. The summed E-state index contributed by atoms with van der Waals surface area (Å²) in [6, 6.07) is 1.69. The second-order valence-electron chi connectivity index (χ2n) is 6.10. The molecule has 3 heterocycles. The van der Waals surface area contributed by atoms with E-state index in [9.17, 15) is 9.59 Å². The Balaban J connectivity index is 1.76. The lowest BCUT2D eigenvalue weighted by Crippen LogP contribution is -2.33.